The number of anilines is 1. The Morgan fingerprint density at radius 2 is 2.21 bits per heavy atom. The van der Waals surface area contributed by atoms with Gasteiger partial charge < -0.3 is 14.5 Å². The number of thiophene rings is 1. The zero-order chi connectivity index (χ0) is 16.4. The molecule has 24 heavy (non-hydrogen) atoms. The van der Waals surface area contributed by atoms with E-state index in [4.69, 9.17) is 4.74 Å². The summed E-state index contributed by atoms with van der Waals surface area (Å²) in [6.45, 7) is 3.70. The molecule has 2 aromatic heterocycles. The molecule has 126 valence electrons. The highest BCUT2D eigenvalue weighted by atomic mass is 32.1. The fraction of sp³-hybridized carbons (Fsp3) is 0.444. The van der Waals surface area contributed by atoms with E-state index in [2.05, 4.69) is 9.88 Å². The number of amides is 1. The van der Waals surface area contributed by atoms with Crippen LogP contribution >= 0.6 is 11.3 Å². The van der Waals surface area contributed by atoms with E-state index in [1.165, 1.54) is 0 Å². The highest BCUT2D eigenvalue weighted by molar-refractivity contribution is 7.08. The van der Waals surface area contributed by atoms with E-state index in [0.29, 0.717) is 19.7 Å². The van der Waals surface area contributed by atoms with Crippen LogP contribution in [0.15, 0.2) is 41.2 Å². The zero-order valence-electron chi connectivity index (χ0n) is 13.6. The lowest BCUT2D eigenvalue weighted by Crippen LogP contribution is -2.61. The summed E-state index contributed by atoms with van der Waals surface area (Å²) < 4.78 is 6.20. The molecule has 4 rings (SSSR count). The van der Waals surface area contributed by atoms with Crippen molar-refractivity contribution in [3.63, 3.8) is 0 Å². The molecule has 0 aromatic carbocycles. The first-order valence-corrected chi connectivity index (χ1v) is 9.32. The zero-order valence-corrected chi connectivity index (χ0v) is 14.4. The van der Waals surface area contributed by atoms with Crippen LogP contribution in [0.4, 0.5) is 5.82 Å². The molecule has 4 heterocycles. The molecule has 2 saturated heterocycles. The van der Waals surface area contributed by atoms with Crippen molar-refractivity contribution in [1.82, 2.24) is 9.88 Å². The quantitative estimate of drug-likeness (QED) is 0.841. The van der Waals surface area contributed by atoms with Gasteiger partial charge in [-0.2, -0.15) is 11.3 Å². The summed E-state index contributed by atoms with van der Waals surface area (Å²) in [6.07, 6.45) is 3.87. The number of ether oxygens (including phenoxy) is 1. The van der Waals surface area contributed by atoms with Crippen LogP contribution in [0.2, 0.25) is 0 Å². The van der Waals surface area contributed by atoms with Crippen LogP contribution in [-0.4, -0.2) is 54.2 Å². The average Bonchev–Trinajstić information content (AvgIpc) is 3.17. The van der Waals surface area contributed by atoms with E-state index in [0.717, 1.165) is 37.3 Å². The Bertz CT molecular complexity index is 688. The number of piperidine rings is 1. The summed E-state index contributed by atoms with van der Waals surface area (Å²) in [6, 6.07) is 7.88. The van der Waals surface area contributed by atoms with Crippen molar-refractivity contribution in [2.45, 2.75) is 18.4 Å². The number of hydrogen-bond donors (Lipinski definition) is 0. The Balaban J connectivity index is 1.50. The van der Waals surface area contributed by atoms with E-state index in [-0.39, 0.29) is 11.5 Å². The molecule has 5 nitrogen and oxygen atoms in total. The lowest BCUT2D eigenvalue weighted by molar-refractivity contribution is -0.105. The highest BCUT2D eigenvalue weighted by Crippen LogP contribution is 2.31. The lowest BCUT2D eigenvalue weighted by Gasteiger charge is -2.48. The standard InChI is InChI=1S/C18H21N3O2S/c22-17(15-5-11-24-12-15)21-9-10-23-18(14-21)6-3-8-20(13-18)16-4-1-2-7-19-16/h1-2,4-5,7,11-12H,3,6,8-10,13-14H2. The van der Waals surface area contributed by atoms with Gasteiger partial charge in [0.2, 0.25) is 0 Å². The van der Waals surface area contributed by atoms with Crippen LogP contribution in [0.25, 0.3) is 0 Å². The van der Waals surface area contributed by atoms with E-state index in [1.54, 1.807) is 11.3 Å². The highest BCUT2D eigenvalue weighted by Gasteiger charge is 2.42. The molecule has 1 amide bonds. The van der Waals surface area contributed by atoms with Gasteiger partial charge in [0.25, 0.3) is 5.91 Å². The molecule has 1 atom stereocenters. The van der Waals surface area contributed by atoms with Crippen LogP contribution in [0.5, 0.6) is 0 Å². The van der Waals surface area contributed by atoms with Gasteiger partial charge in [-0.15, -0.1) is 0 Å². The lowest BCUT2D eigenvalue weighted by atomic mass is 9.90. The molecule has 0 saturated carbocycles. The predicted octanol–water partition coefficient (Wildman–Crippen LogP) is 2.65. The van der Waals surface area contributed by atoms with Crippen LogP contribution in [0, 0.1) is 0 Å². The smallest absolute Gasteiger partial charge is 0.254 e. The molecule has 1 unspecified atom stereocenters. The predicted molar refractivity (Wildman–Crippen MR) is 94.6 cm³/mol. The number of aromatic nitrogens is 1. The Hall–Kier alpha value is -1.92. The summed E-state index contributed by atoms with van der Waals surface area (Å²) in [5.41, 5.74) is 0.508. The van der Waals surface area contributed by atoms with Gasteiger partial charge in [0.1, 0.15) is 11.4 Å². The van der Waals surface area contributed by atoms with Gasteiger partial charge in [-0.3, -0.25) is 4.79 Å². The average molecular weight is 343 g/mol. The Morgan fingerprint density at radius 3 is 3.00 bits per heavy atom. The molecule has 2 fully saturated rings. The molecule has 2 aromatic rings. The van der Waals surface area contributed by atoms with Crippen LogP contribution in [0.3, 0.4) is 0 Å². The molecule has 2 aliphatic heterocycles. The number of pyridine rings is 1. The molecule has 0 aliphatic carbocycles. The fourth-order valence-electron chi connectivity index (χ4n) is 3.67. The first-order valence-electron chi connectivity index (χ1n) is 8.37. The number of carbonyl (C=O) groups excluding carboxylic acids is 1. The number of nitrogens with zero attached hydrogens (tertiary/aromatic N) is 3. The summed E-state index contributed by atoms with van der Waals surface area (Å²) in [5, 5.41) is 3.87. The molecular weight excluding hydrogens is 322 g/mol. The van der Waals surface area contributed by atoms with E-state index < -0.39 is 0 Å². The molecule has 6 heteroatoms. The number of morpholine rings is 1. The minimum atomic E-state index is -0.278. The SMILES string of the molecule is O=C(c1ccsc1)N1CCOC2(CCCN(c3ccccn3)C2)C1. The van der Waals surface area contributed by atoms with Gasteiger partial charge in [-0.25, -0.2) is 4.98 Å². The summed E-state index contributed by atoms with van der Waals surface area (Å²) in [7, 11) is 0. The molecule has 1 spiro atoms. The number of rotatable bonds is 2. The normalized spacial score (nSPS) is 24.3. The van der Waals surface area contributed by atoms with Gasteiger partial charge in [0.15, 0.2) is 0 Å². The van der Waals surface area contributed by atoms with Crippen LogP contribution in [-0.2, 0) is 4.74 Å². The van der Waals surface area contributed by atoms with Crippen molar-refractivity contribution in [2.75, 3.05) is 37.7 Å². The van der Waals surface area contributed by atoms with Crippen molar-refractivity contribution in [3.05, 3.63) is 46.8 Å². The maximum Gasteiger partial charge on any atom is 0.254 e. The van der Waals surface area contributed by atoms with Gasteiger partial charge in [0, 0.05) is 24.7 Å². The third-order valence-electron chi connectivity index (χ3n) is 4.82. The van der Waals surface area contributed by atoms with Crippen molar-refractivity contribution in [2.24, 2.45) is 0 Å². The van der Waals surface area contributed by atoms with Gasteiger partial charge >= 0.3 is 0 Å². The van der Waals surface area contributed by atoms with Crippen LogP contribution < -0.4 is 4.90 Å². The van der Waals surface area contributed by atoms with Crippen molar-refractivity contribution < 1.29 is 9.53 Å². The maximum absolute atomic E-state index is 12.7. The molecular formula is C18H21N3O2S. The Kier molecular flexibility index (Phi) is 4.24. The number of hydrogen-bond acceptors (Lipinski definition) is 5. The molecule has 0 N–H and O–H groups in total. The van der Waals surface area contributed by atoms with Crippen molar-refractivity contribution >= 4 is 23.1 Å². The molecule has 0 bridgehead atoms. The topological polar surface area (TPSA) is 45.7 Å². The second-order valence-electron chi connectivity index (χ2n) is 6.48. The molecule has 0 radical (unpaired) electrons. The Morgan fingerprint density at radius 1 is 1.25 bits per heavy atom. The first kappa shape index (κ1) is 15.6. The Labute approximate surface area is 145 Å². The second-order valence-corrected chi connectivity index (χ2v) is 7.26. The van der Waals surface area contributed by atoms with Crippen molar-refractivity contribution in [1.29, 1.82) is 0 Å². The fourth-order valence-corrected chi connectivity index (χ4v) is 4.30. The molecule has 2 aliphatic rings. The van der Waals surface area contributed by atoms with E-state index in [1.807, 2.05) is 46.1 Å². The van der Waals surface area contributed by atoms with Gasteiger partial charge in [-0.05, 0) is 36.4 Å². The minimum absolute atomic E-state index is 0.119. The van der Waals surface area contributed by atoms with E-state index in [9.17, 15) is 4.79 Å². The van der Waals surface area contributed by atoms with Crippen LogP contribution in [0.1, 0.15) is 23.2 Å². The third kappa shape index (κ3) is 3.03. The second kappa shape index (κ2) is 6.53. The summed E-state index contributed by atoms with van der Waals surface area (Å²) in [5.74, 6) is 1.11. The maximum atomic E-state index is 12.7. The summed E-state index contributed by atoms with van der Waals surface area (Å²) >= 11 is 1.56. The van der Waals surface area contributed by atoms with Gasteiger partial charge in [0.05, 0.1) is 25.3 Å². The largest absolute Gasteiger partial charge is 0.369 e. The summed E-state index contributed by atoms with van der Waals surface area (Å²) in [4.78, 5) is 21.4. The third-order valence-corrected chi connectivity index (χ3v) is 5.50. The monoisotopic (exact) mass is 343 g/mol. The first-order chi connectivity index (χ1) is 11.8. The van der Waals surface area contributed by atoms with Crippen molar-refractivity contribution in [3.8, 4) is 0 Å². The number of carbonyl (C=O) groups is 1. The van der Waals surface area contributed by atoms with E-state index >= 15 is 0 Å². The minimum Gasteiger partial charge on any atom is -0.369 e. The van der Waals surface area contributed by atoms with Gasteiger partial charge in [-0.1, -0.05) is 6.07 Å².